The molecule has 0 radical (unpaired) electrons. The maximum atomic E-state index is 13.1. The quantitative estimate of drug-likeness (QED) is 0.553. The number of aromatic amines is 1. The Morgan fingerprint density at radius 1 is 1.12 bits per heavy atom. The van der Waals surface area contributed by atoms with E-state index in [1.54, 1.807) is 6.07 Å². The number of nitrogens with zero attached hydrogens (tertiary/aromatic N) is 2. The summed E-state index contributed by atoms with van der Waals surface area (Å²) in [5.41, 5.74) is 7.21. The Hall–Kier alpha value is -3.09. The fraction of sp³-hybridized carbons (Fsp3) is 0.263. The van der Waals surface area contributed by atoms with Crippen LogP contribution in [0.25, 0.3) is 11.2 Å². The number of benzene rings is 1. The molecule has 0 aliphatic rings. The van der Waals surface area contributed by atoms with Gasteiger partial charge in [0.25, 0.3) is 5.78 Å². The number of carbonyl (C=O) groups excluding carboxylic acids is 2. The van der Waals surface area contributed by atoms with Gasteiger partial charge >= 0.3 is 0 Å². The van der Waals surface area contributed by atoms with Gasteiger partial charge in [0, 0.05) is 5.56 Å². The van der Waals surface area contributed by atoms with E-state index in [0.29, 0.717) is 17.5 Å². The highest BCUT2D eigenvalue weighted by Crippen LogP contribution is 2.26. The van der Waals surface area contributed by atoms with Gasteiger partial charge in [0.05, 0.1) is 5.52 Å². The smallest absolute Gasteiger partial charge is 0.252 e. The van der Waals surface area contributed by atoms with E-state index in [4.69, 9.17) is 5.73 Å². The second-order valence-corrected chi connectivity index (χ2v) is 7.39. The number of ketones is 2. The summed E-state index contributed by atoms with van der Waals surface area (Å²) in [5.74, 6) is -1.78. The van der Waals surface area contributed by atoms with Crippen molar-refractivity contribution in [3.8, 4) is 0 Å². The molecule has 0 aliphatic carbocycles. The number of halogens is 1. The molecule has 6 nitrogen and oxygen atoms in total. The van der Waals surface area contributed by atoms with Crippen LogP contribution in [0.2, 0.25) is 0 Å². The first-order valence-corrected chi connectivity index (χ1v) is 8.14. The Morgan fingerprint density at radius 2 is 1.77 bits per heavy atom. The molecular formula is C19H19FN4O2. The number of aromatic nitrogens is 3. The topological polar surface area (TPSA) is 102 Å². The zero-order chi connectivity index (χ0) is 19.1. The highest BCUT2D eigenvalue weighted by atomic mass is 19.1. The minimum absolute atomic E-state index is 0.0493. The lowest BCUT2D eigenvalue weighted by Crippen LogP contribution is -2.20. The molecule has 3 N–H and O–H groups in total. The molecule has 0 saturated carbocycles. The number of fused-ring (bicyclic) bond motifs is 1. The number of nitrogen functional groups attached to an aromatic ring is 1. The summed E-state index contributed by atoms with van der Waals surface area (Å²) in [5, 5.41) is 0. The first-order valence-electron chi connectivity index (χ1n) is 8.14. The molecule has 0 amide bonds. The van der Waals surface area contributed by atoms with Crippen molar-refractivity contribution in [2.24, 2.45) is 5.41 Å². The van der Waals surface area contributed by atoms with Crippen LogP contribution in [0, 0.1) is 11.2 Å². The number of rotatable bonds is 4. The number of hydrogen-bond donors (Lipinski definition) is 2. The Kier molecular flexibility index (Phi) is 4.31. The van der Waals surface area contributed by atoms with Crippen molar-refractivity contribution in [2.45, 2.75) is 27.2 Å². The molecule has 7 heteroatoms. The number of anilines is 1. The summed E-state index contributed by atoms with van der Waals surface area (Å²) in [6, 6.07) is 6.60. The van der Waals surface area contributed by atoms with E-state index in [2.05, 4.69) is 15.0 Å². The van der Waals surface area contributed by atoms with Crippen LogP contribution in [-0.4, -0.2) is 26.5 Å². The molecule has 2 heterocycles. The van der Waals surface area contributed by atoms with Gasteiger partial charge in [-0.25, -0.2) is 9.37 Å². The number of nitrogens with two attached hydrogens (primary N) is 1. The summed E-state index contributed by atoms with van der Waals surface area (Å²) < 4.78 is 13.1. The molecule has 0 aliphatic heterocycles. The van der Waals surface area contributed by atoms with Gasteiger partial charge in [-0.2, -0.15) is 4.98 Å². The van der Waals surface area contributed by atoms with E-state index in [9.17, 15) is 14.0 Å². The molecule has 0 unspecified atom stereocenters. The zero-order valence-corrected chi connectivity index (χ0v) is 14.8. The van der Waals surface area contributed by atoms with E-state index >= 15 is 0 Å². The third kappa shape index (κ3) is 3.61. The van der Waals surface area contributed by atoms with E-state index in [-0.39, 0.29) is 28.3 Å². The van der Waals surface area contributed by atoms with Crippen LogP contribution >= 0.6 is 0 Å². The summed E-state index contributed by atoms with van der Waals surface area (Å²) >= 11 is 0. The lowest BCUT2D eigenvalue weighted by molar-refractivity contribution is 0.0813. The Labute approximate surface area is 149 Å². The molecule has 3 aromatic rings. The van der Waals surface area contributed by atoms with Crippen molar-refractivity contribution in [2.75, 3.05) is 5.73 Å². The predicted molar refractivity (Wildman–Crippen MR) is 96.5 cm³/mol. The monoisotopic (exact) mass is 354 g/mol. The highest BCUT2D eigenvalue weighted by molar-refractivity contribution is 6.49. The Morgan fingerprint density at radius 3 is 2.38 bits per heavy atom. The molecule has 1 aromatic carbocycles. The molecule has 0 atom stereocenters. The molecule has 134 valence electrons. The van der Waals surface area contributed by atoms with Crippen LogP contribution < -0.4 is 5.73 Å². The summed E-state index contributed by atoms with van der Waals surface area (Å²) in [6.07, 6.45) is 0.534. The fourth-order valence-electron chi connectivity index (χ4n) is 2.74. The van der Waals surface area contributed by atoms with E-state index in [1.165, 1.54) is 12.1 Å². The summed E-state index contributed by atoms with van der Waals surface area (Å²) in [6.45, 7) is 6.07. The van der Waals surface area contributed by atoms with Gasteiger partial charge in [-0.15, -0.1) is 0 Å². The van der Waals surface area contributed by atoms with Crippen LogP contribution in [0.1, 0.15) is 47.2 Å². The zero-order valence-electron chi connectivity index (χ0n) is 14.8. The first kappa shape index (κ1) is 17.7. The number of pyridine rings is 1. The lowest BCUT2D eigenvalue weighted by atomic mass is 9.86. The van der Waals surface area contributed by atoms with Crippen LogP contribution in [0.3, 0.4) is 0 Å². The largest absolute Gasteiger partial charge is 0.369 e. The van der Waals surface area contributed by atoms with Gasteiger partial charge in [-0.1, -0.05) is 20.8 Å². The number of H-pyrrole nitrogens is 1. The summed E-state index contributed by atoms with van der Waals surface area (Å²) in [4.78, 5) is 36.6. The van der Waals surface area contributed by atoms with E-state index in [0.717, 1.165) is 12.1 Å². The first-order chi connectivity index (χ1) is 12.1. The predicted octanol–water partition coefficient (Wildman–Crippen LogP) is 3.33. The van der Waals surface area contributed by atoms with Crippen molar-refractivity contribution < 1.29 is 14.0 Å². The Balaban J connectivity index is 2.08. The van der Waals surface area contributed by atoms with Gasteiger partial charge in [0.15, 0.2) is 11.6 Å². The molecule has 0 fully saturated rings. The summed E-state index contributed by atoms with van der Waals surface area (Å²) in [7, 11) is 0. The average Bonchev–Trinajstić information content (AvgIpc) is 2.91. The average molecular weight is 354 g/mol. The number of carbonyl (C=O) groups is 2. The van der Waals surface area contributed by atoms with Crippen LogP contribution in [0.15, 0.2) is 30.3 Å². The van der Waals surface area contributed by atoms with Crippen LogP contribution in [0.5, 0.6) is 0 Å². The second-order valence-electron chi connectivity index (χ2n) is 7.39. The lowest BCUT2D eigenvalue weighted by Gasteiger charge is -2.19. The standard InChI is InChI=1S/C19H19FN4O2/c1-19(2,3)9-11-8-13-17(24-18(21)22-13)23-14(11)16(26)15(25)10-4-6-12(20)7-5-10/h4-8H,9H2,1-3H3,(H3,21,22,23,24). The number of nitrogens with one attached hydrogen (secondary N) is 1. The van der Waals surface area contributed by atoms with Crippen LogP contribution in [-0.2, 0) is 6.42 Å². The van der Waals surface area contributed by atoms with E-state index < -0.39 is 17.4 Å². The third-order valence-electron chi connectivity index (χ3n) is 3.82. The molecule has 0 bridgehead atoms. The fourth-order valence-corrected chi connectivity index (χ4v) is 2.74. The Bertz CT molecular complexity index is 1000. The van der Waals surface area contributed by atoms with Gasteiger partial charge in [-0.3, -0.25) is 9.59 Å². The van der Waals surface area contributed by atoms with Crippen molar-refractivity contribution >= 4 is 28.7 Å². The van der Waals surface area contributed by atoms with Crippen molar-refractivity contribution in [3.63, 3.8) is 0 Å². The number of Topliss-reactive ketones (excluding diaryl/α,β-unsaturated/α-hetero) is 2. The molecule has 26 heavy (non-hydrogen) atoms. The highest BCUT2D eigenvalue weighted by Gasteiger charge is 2.26. The molecule has 0 saturated heterocycles. The van der Waals surface area contributed by atoms with Crippen molar-refractivity contribution in [1.29, 1.82) is 0 Å². The van der Waals surface area contributed by atoms with Gasteiger partial charge in [0.1, 0.15) is 11.5 Å². The normalized spacial score (nSPS) is 11.7. The molecular weight excluding hydrogens is 335 g/mol. The minimum Gasteiger partial charge on any atom is -0.369 e. The third-order valence-corrected chi connectivity index (χ3v) is 3.82. The van der Waals surface area contributed by atoms with Gasteiger partial charge in [0.2, 0.25) is 5.78 Å². The maximum absolute atomic E-state index is 13.1. The number of hydrogen-bond acceptors (Lipinski definition) is 5. The number of imidazole rings is 1. The van der Waals surface area contributed by atoms with Crippen LogP contribution in [0.4, 0.5) is 10.3 Å². The van der Waals surface area contributed by atoms with Crippen molar-refractivity contribution in [3.05, 3.63) is 53.0 Å². The maximum Gasteiger partial charge on any atom is 0.252 e. The van der Waals surface area contributed by atoms with Gasteiger partial charge < -0.3 is 10.7 Å². The molecule has 0 spiro atoms. The molecule has 2 aromatic heterocycles. The van der Waals surface area contributed by atoms with Crippen molar-refractivity contribution in [1.82, 2.24) is 15.0 Å². The molecule has 3 rings (SSSR count). The van der Waals surface area contributed by atoms with Gasteiger partial charge in [-0.05, 0) is 47.7 Å². The van der Waals surface area contributed by atoms with E-state index in [1.807, 2.05) is 20.8 Å². The minimum atomic E-state index is -0.751. The SMILES string of the molecule is CC(C)(C)Cc1cc2[nH]c(N)nc2nc1C(=O)C(=O)c1ccc(F)cc1. The second kappa shape index (κ2) is 6.33.